The first kappa shape index (κ1) is 16.3. The van der Waals surface area contributed by atoms with Crippen molar-refractivity contribution in [2.75, 3.05) is 32.5 Å². The third kappa shape index (κ3) is 5.93. The number of anilines is 1. The molecule has 0 aliphatic rings. The van der Waals surface area contributed by atoms with E-state index in [1.807, 2.05) is 12.1 Å². The molecule has 1 rings (SSSR count). The van der Waals surface area contributed by atoms with Crippen molar-refractivity contribution in [3.63, 3.8) is 0 Å². The van der Waals surface area contributed by atoms with Crippen molar-refractivity contribution in [1.82, 2.24) is 4.90 Å². The van der Waals surface area contributed by atoms with Crippen LogP contribution in [0.25, 0.3) is 0 Å². The maximum atomic E-state index is 11.8. The Bertz CT molecular complexity index is 410. The van der Waals surface area contributed by atoms with Gasteiger partial charge in [-0.25, -0.2) is 0 Å². The number of amides is 1. The number of nitrogens with two attached hydrogens (primary N) is 1. The highest BCUT2D eigenvalue weighted by Crippen LogP contribution is 2.19. The van der Waals surface area contributed by atoms with Crippen molar-refractivity contribution in [1.29, 1.82) is 0 Å². The Hall–Kier alpha value is -1.75. The largest absolute Gasteiger partial charge is 0.491 e. The van der Waals surface area contributed by atoms with Crippen LogP contribution in [0, 0.1) is 0 Å². The summed E-state index contributed by atoms with van der Waals surface area (Å²) in [6, 6.07) is 7.25. The molecular formula is C15H24N2O3. The Labute approximate surface area is 120 Å². The Balaban J connectivity index is 2.21. The number of ether oxygens (including phenoxy) is 1. The number of rotatable bonds is 9. The SMILES string of the molecule is CN(CCCCCO)C(=O)CCOc1ccccc1N. The smallest absolute Gasteiger partial charge is 0.225 e. The summed E-state index contributed by atoms with van der Waals surface area (Å²) < 4.78 is 5.50. The van der Waals surface area contributed by atoms with E-state index in [1.165, 1.54) is 0 Å². The quantitative estimate of drug-likeness (QED) is 0.533. The predicted octanol–water partition coefficient (Wildman–Crippen LogP) is 1.66. The Morgan fingerprint density at radius 1 is 1.30 bits per heavy atom. The molecule has 1 aromatic carbocycles. The fraction of sp³-hybridized carbons (Fsp3) is 0.533. The second kappa shape index (κ2) is 9.20. The van der Waals surface area contributed by atoms with Crippen LogP contribution in [0.2, 0.25) is 0 Å². The lowest BCUT2D eigenvalue weighted by molar-refractivity contribution is -0.130. The normalized spacial score (nSPS) is 10.3. The molecule has 0 atom stereocenters. The van der Waals surface area contributed by atoms with Gasteiger partial charge in [0.1, 0.15) is 5.75 Å². The van der Waals surface area contributed by atoms with Crippen molar-refractivity contribution in [2.45, 2.75) is 25.7 Å². The number of nitrogen functional groups attached to an aromatic ring is 1. The first-order valence-electron chi connectivity index (χ1n) is 6.97. The zero-order valence-electron chi connectivity index (χ0n) is 12.0. The van der Waals surface area contributed by atoms with Gasteiger partial charge in [-0.05, 0) is 31.4 Å². The van der Waals surface area contributed by atoms with Crippen molar-refractivity contribution < 1.29 is 14.6 Å². The summed E-state index contributed by atoms with van der Waals surface area (Å²) >= 11 is 0. The van der Waals surface area contributed by atoms with Gasteiger partial charge in [0, 0.05) is 20.2 Å². The van der Waals surface area contributed by atoms with Gasteiger partial charge in [0.2, 0.25) is 5.91 Å². The molecule has 0 saturated carbocycles. The summed E-state index contributed by atoms with van der Waals surface area (Å²) in [6.45, 7) is 1.25. The van der Waals surface area contributed by atoms with Gasteiger partial charge in [0.05, 0.1) is 18.7 Å². The zero-order chi connectivity index (χ0) is 14.8. The van der Waals surface area contributed by atoms with Gasteiger partial charge in [-0.1, -0.05) is 12.1 Å². The van der Waals surface area contributed by atoms with Gasteiger partial charge in [0.25, 0.3) is 0 Å². The number of hydrogen-bond acceptors (Lipinski definition) is 4. The maximum absolute atomic E-state index is 11.8. The first-order valence-corrected chi connectivity index (χ1v) is 6.97. The van der Waals surface area contributed by atoms with Gasteiger partial charge in [-0.15, -0.1) is 0 Å². The summed E-state index contributed by atoms with van der Waals surface area (Å²) in [6.07, 6.45) is 2.98. The second-order valence-corrected chi connectivity index (χ2v) is 4.74. The van der Waals surface area contributed by atoms with Crippen molar-refractivity contribution >= 4 is 11.6 Å². The number of unbranched alkanes of at least 4 members (excludes halogenated alkanes) is 2. The van der Waals surface area contributed by atoms with Gasteiger partial charge in [-0.2, -0.15) is 0 Å². The number of aliphatic hydroxyl groups is 1. The molecule has 0 aliphatic heterocycles. The molecule has 5 heteroatoms. The average Bonchev–Trinajstić information content (AvgIpc) is 2.45. The monoisotopic (exact) mass is 280 g/mol. The summed E-state index contributed by atoms with van der Waals surface area (Å²) in [4.78, 5) is 13.6. The number of nitrogens with zero attached hydrogens (tertiary/aromatic N) is 1. The lowest BCUT2D eigenvalue weighted by Crippen LogP contribution is -2.29. The fourth-order valence-electron chi connectivity index (χ4n) is 1.81. The molecule has 0 radical (unpaired) electrons. The molecule has 0 bridgehead atoms. The van der Waals surface area contributed by atoms with Crippen LogP contribution in [0.5, 0.6) is 5.75 Å². The number of aliphatic hydroxyl groups excluding tert-OH is 1. The molecule has 0 aromatic heterocycles. The summed E-state index contributed by atoms with van der Waals surface area (Å²) in [5.41, 5.74) is 6.33. The van der Waals surface area contributed by atoms with Crippen LogP contribution in [0.15, 0.2) is 24.3 Å². The Kier molecular flexibility index (Phi) is 7.50. The van der Waals surface area contributed by atoms with E-state index in [4.69, 9.17) is 15.6 Å². The molecule has 3 N–H and O–H groups in total. The highest BCUT2D eigenvalue weighted by Gasteiger charge is 2.08. The highest BCUT2D eigenvalue weighted by molar-refractivity contribution is 5.76. The zero-order valence-corrected chi connectivity index (χ0v) is 12.0. The summed E-state index contributed by atoms with van der Waals surface area (Å²) in [5, 5.41) is 8.68. The van der Waals surface area contributed by atoms with Crippen molar-refractivity contribution in [3.05, 3.63) is 24.3 Å². The van der Waals surface area contributed by atoms with E-state index in [-0.39, 0.29) is 12.5 Å². The van der Waals surface area contributed by atoms with E-state index in [2.05, 4.69) is 0 Å². The molecule has 112 valence electrons. The van der Waals surface area contributed by atoms with Gasteiger partial charge >= 0.3 is 0 Å². The van der Waals surface area contributed by atoms with Crippen LogP contribution < -0.4 is 10.5 Å². The Morgan fingerprint density at radius 3 is 2.75 bits per heavy atom. The minimum Gasteiger partial charge on any atom is -0.491 e. The van der Waals surface area contributed by atoms with Crippen LogP contribution in [0.3, 0.4) is 0 Å². The maximum Gasteiger partial charge on any atom is 0.225 e. The third-order valence-electron chi connectivity index (χ3n) is 3.07. The molecule has 0 heterocycles. The first-order chi connectivity index (χ1) is 9.65. The number of carbonyl (C=O) groups is 1. The second-order valence-electron chi connectivity index (χ2n) is 4.74. The van der Waals surface area contributed by atoms with Gasteiger partial charge in [-0.3, -0.25) is 4.79 Å². The molecule has 0 unspecified atom stereocenters. The molecule has 0 fully saturated rings. The van der Waals surface area contributed by atoms with E-state index >= 15 is 0 Å². The molecule has 20 heavy (non-hydrogen) atoms. The molecule has 1 aromatic rings. The molecule has 0 saturated heterocycles. The van der Waals surface area contributed by atoms with Crippen LogP contribution >= 0.6 is 0 Å². The predicted molar refractivity (Wildman–Crippen MR) is 79.5 cm³/mol. The Morgan fingerprint density at radius 2 is 2.05 bits per heavy atom. The molecule has 0 aliphatic carbocycles. The van der Waals surface area contributed by atoms with E-state index in [1.54, 1.807) is 24.1 Å². The average molecular weight is 280 g/mol. The minimum absolute atomic E-state index is 0.0588. The van der Waals surface area contributed by atoms with Crippen LogP contribution in [-0.2, 0) is 4.79 Å². The van der Waals surface area contributed by atoms with Crippen molar-refractivity contribution in [3.8, 4) is 5.75 Å². The highest BCUT2D eigenvalue weighted by atomic mass is 16.5. The topological polar surface area (TPSA) is 75.8 Å². The number of carbonyl (C=O) groups excluding carboxylic acids is 1. The summed E-state index contributed by atoms with van der Waals surface area (Å²) in [7, 11) is 1.79. The number of benzene rings is 1. The van der Waals surface area contributed by atoms with Gasteiger partial charge < -0.3 is 20.5 Å². The van der Waals surface area contributed by atoms with E-state index in [0.717, 1.165) is 19.3 Å². The standard InChI is InChI=1S/C15H24N2O3/c1-17(10-5-2-6-11-18)15(19)9-12-20-14-8-4-3-7-13(14)16/h3-4,7-8,18H,2,5-6,9-12,16H2,1H3. The third-order valence-corrected chi connectivity index (χ3v) is 3.07. The van der Waals surface area contributed by atoms with E-state index < -0.39 is 0 Å². The van der Waals surface area contributed by atoms with E-state index in [0.29, 0.717) is 31.0 Å². The van der Waals surface area contributed by atoms with Crippen LogP contribution in [0.4, 0.5) is 5.69 Å². The molecule has 0 spiro atoms. The molecule has 1 amide bonds. The van der Waals surface area contributed by atoms with Crippen LogP contribution in [-0.4, -0.2) is 42.7 Å². The number of para-hydroxylation sites is 2. The number of hydrogen-bond donors (Lipinski definition) is 2. The van der Waals surface area contributed by atoms with Crippen molar-refractivity contribution in [2.24, 2.45) is 0 Å². The molecular weight excluding hydrogens is 256 g/mol. The minimum atomic E-state index is 0.0588. The van der Waals surface area contributed by atoms with Gasteiger partial charge in [0.15, 0.2) is 0 Å². The summed E-state index contributed by atoms with van der Waals surface area (Å²) in [5.74, 6) is 0.675. The molecule has 5 nitrogen and oxygen atoms in total. The lowest BCUT2D eigenvalue weighted by atomic mass is 10.2. The van der Waals surface area contributed by atoms with E-state index in [9.17, 15) is 4.79 Å². The fourth-order valence-corrected chi connectivity index (χ4v) is 1.81. The lowest BCUT2D eigenvalue weighted by Gasteiger charge is -2.17. The van der Waals surface area contributed by atoms with Crippen LogP contribution in [0.1, 0.15) is 25.7 Å².